The van der Waals surface area contributed by atoms with E-state index in [2.05, 4.69) is 5.32 Å². The largest absolute Gasteiger partial charge is 0.324 e. The third-order valence-corrected chi connectivity index (χ3v) is 5.67. The standard InChI is InChI=1S/C18H19N3O3S/c1-13-7-6-8-14(2)18(13)20-17(22)12-21(3)25(23,24)16-10-5-4-9-15(16)11-19/h4-10H,12H2,1-3H3,(H,20,22). The minimum absolute atomic E-state index is 0.0458. The third kappa shape index (κ3) is 4.05. The van der Waals surface area contributed by atoms with E-state index in [9.17, 15) is 13.2 Å². The van der Waals surface area contributed by atoms with Gasteiger partial charge in [-0.2, -0.15) is 9.57 Å². The smallest absolute Gasteiger partial charge is 0.244 e. The summed E-state index contributed by atoms with van der Waals surface area (Å²) in [4.78, 5) is 12.2. The number of hydrogen-bond acceptors (Lipinski definition) is 4. The van der Waals surface area contributed by atoms with Gasteiger partial charge >= 0.3 is 0 Å². The van der Waals surface area contributed by atoms with Gasteiger partial charge in [0.15, 0.2) is 0 Å². The van der Waals surface area contributed by atoms with Crippen LogP contribution in [-0.2, 0) is 14.8 Å². The zero-order valence-electron chi connectivity index (χ0n) is 14.3. The number of benzene rings is 2. The predicted octanol–water partition coefficient (Wildman–Crippen LogP) is 2.43. The molecule has 1 amide bonds. The third-order valence-electron chi connectivity index (χ3n) is 3.81. The summed E-state index contributed by atoms with van der Waals surface area (Å²) in [6.45, 7) is 3.38. The van der Waals surface area contributed by atoms with E-state index in [4.69, 9.17) is 5.26 Å². The van der Waals surface area contributed by atoms with Crippen molar-refractivity contribution in [2.75, 3.05) is 18.9 Å². The number of para-hydroxylation sites is 1. The number of sulfonamides is 1. The molecule has 1 N–H and O–H groups in total. The van der Waals surface area contributed by atoms with Crippen LogP contribution in [0.4, 0.5) is 5.69 Å². The predicted molar refractivity (Wildman–Crippen MR) is 95.5 cm³/mol. The summed E-state index contributed by atoms with van der Waals surface area (Å²) in [6, 6.07) is 13.4. The monoisotopic (exact) mass is 357 g/mol. The maximum atomic E-state index is 12.6. The number of carbonyl (C=O) groups is 1. The first kappa shape index (κ1) is 18.6. The van der Waals surface area contributed by atoms with Gasteiger partial charge in [-0.15, -0.1) is 0 Å². The summed E-state index contributed by atoms with van der Waals surface area (Å²) in [5.74, 6) is -0.446. The van der Waals surface area contributed by atoms with Gasteiger partial charge in [-0.1, -0.05) is 30.3 Å². The molecule has 0 heterocycles. The maximum absolute atomic E-state index is 12.6. The molecule has 0 aliphatic rings. The number of amides is 1. The van der Waals surface area contributed by atoms with Gasteiger partial charge in [0.25, 0.3) is 0 Å². The number of nitrogens with zero attached hydrogens (tertiary/aromatic N) is 2. The van der Waals surface area contributed by atoms with Crippen LogP contribution < -0.4 is 5.32 Å². The maximum Gasteiger partial charge on any atom is 0.244 e. The van der Waals surface area contributed by atoms with Crippen molar-refractivity contribution in [3.63, 3.8) is 0 Å². The number of aryl methyl sites for hydroxylation is 2. The van der Waals surface area contributed by atoms with E-state index >= 15 is 0 Å². The second-order valence-corrected chi connectivity index (χ2v) is 7.70. The molecule has 0 aliphatic heterocycles. The van der Waals surface area contributed by atoms with Gasteiger partial charge in [-0.25, -0.2) is 8.42 Å². The molecule has 0 unspecified atom stereocenters. The Labute approximate surface area is 147 Å². The van der Waals surface area contributed by atoms with Gasteiger partial charge in [0.1, 0.15) is 6.07 Å². The zero-order valence-corrected chi connectivity index (χ0v) is 15.1. The van der Waals surface area contributed by atoms with Gasteiger partial charge in [-0.3, -0.25) is 4.79 Å². The molecule has 0 aliphatic carbocycles. The van der Waals surface area contributed by atoms with E-state index in [1.807, 2.05) is 38.1 Å². The molecule has 2 rings (SSSR count). The molecular formula is C18H19N3O3S. The average Bonchev–Trinajstić information content (AvgIpc) is 2.58. The minimum Gasteiger partial charge on any atom is -0.324 e. The van der Waals surface area contributed by atoms with Crippen LogP contribution in [-0.4, -0.2) is 32.2 Å². The van der Waals surface area contributed by atoms with Crippen molar-refractivity contribution in [2.45, 2.75) is 18.7 Å². The van der Waals surface area contributed by atoms with Gasteiger partial charge in [0, 0.05) is 12.7 Å². The van der Waals surface area contributed by atoms with Gasteiger partial charge in [-0.05, 0) is 37.1 Å². The fraction of sp³-hybridized carbons (Fsp3) is 0.222. The number of anilines is 1. The molecule has 7 heteroatoms. The number of nitrogens with one attached hydrogen (secondary N) is 1. The highest BCUT2D eigenvalue weighted by Crippen LogP contribution is 2.21. The summed E-state index contributed by atoms with van der Waals surface area (Å²) in [6.07, 6.45) is 0. The highest BCUT2D eigenvalue weighted by atomic mass is 32.2. The summed E-state index contributed by atoms with van der Waals surface area (Å²) in [5, 5.41) is 11.8. The molecular weight excluding hydrogens is 338 g/mol. The van der Waals surface area contributed by atoms with Crippen molar-refractivity contribution in [1.82, 2.24) is 4.31 Å². The normalized spacial score (nSPS) is 11.2. The number of hydrogen-bond donors (Lipinski definition) is 1. The van der Waals surface area contributed by atoms with Gasteiger partial charge in [0.05, 0.1) is 17.0 Å². The molecule has 0 bridgehead atoms. The Bertz CT molecular complexity index is 926. The number of carbonyl (C=O) groups excluding carboxylic acids is 1. The van der Waals surface area contributed by atoms with Crippen molar-refractivity contribution >= 4 is 21.6 Å². The van der Waals surface area contributed by atoms with Crippen LogP contribution in [0, 0.1) is 25.2 Å². The number of rotatable bonds is 5. The van der Waals surface area contributed by atoms with Crippen molar-refractivity contribution in [3.05, 3.63) is 59.2 Å². The first-order valence-electron chi connectivity index (χ1n) is 7.59. The lowest BCUT2D eigenvalue weighted by Gasteiger charge is -2.18. The van der Waals surface area contributed by atoms with Crippen molar-refractivity contribution in [1.29, 1.82) is 5.26 Å². The Morgan fingerprint density at radius 1 is 1.12 bits per heavy atom. The molecule has 130 valence electrons. The molecule has 0 fully saturated rings. The van der Waals surface area contributed by atoms with Crippen LogP contribution in [0.25, 0.3) is 0 Å². The van der Waals surface area contributed by atoms with Crippen LogP contribution in [0.3, 0.4) is 0 Å². The Morgan fingerprint density at radius 2 is 1.72 bits per heavy atom. The molecule has 0 radical (unpaired) electrons. The summed E-state index contributed by atoms with van der Waals surface area (Å²) in [5.41, 5.74) is 2.52. The molecule has 6 nitrogen and oxygen atoms in total. The average molecular weight is 357 g/mol. The van der Waals surface area contributed by atoms with Crippen molar-refractivity contribution in [3.8, 4) is 6.07 Å². The van der Waals surface area contributed by atoms with Crippen LogP contribution in [0.5, 0.6) is 0 Å². The Balaban J connectivity index is 2.20. The molecule has 2 aromatic carbocycles. The zero-order chi connectivity index (χ0) is 18.6. The fourth-order valence-electron chi connectivity index (χ4n) is 2.43. The fourth-order valence-corrected chi connectivity index (χ4v) is 3.69. The lowest BCUT2D eigenvalue weighted by atomic mass is 10.1. The second-order valence-electron chi connectivity index (χ2n) is 5.68. The number of likely N-dealkylation sites (N-methyl/N-ethyl adjacent to an activating group) is 1. The number of nitriles is 1. The Morgan fingerprint density at radius 3 is 2.32 bits per heavy atom. The molecule has 0 saturated heterocycles. The van der Waals surface area contributed by atoms with E-state index in [0.29, 0.717) is 5.69 Å². The Kier molecular flexibility index (Phi) is 5.57. The topological polar surface area (TPSA) is 90.3 Å². The van der Waals surface area contributed by atoms with Crippen LogP contribution in [0.1, 0.15) is 16.7 Å². The lowest BCUT2D eigenvalue weighted by Crippen LogP contribution is -2.35. The highest BCUT2D eigenvalue weighted by molar-refractivity contribution is 7.89. The van der Waals surface area contributed by atoms with Crippen molar-refractivity contribution in [2.24, 2.45) is 0 Å². The van der Waals surface area contributed by atoms with Gasteiger partial charge < -0.3 is 5.32 Å². The molecule has 0 aromatic heterocycles. The van der Waals surface area contributed by atoms with Gasteiger partial charge in [0.2, 0.25) is 15.9 Å². The summed E-state index contributed by atoms with van der Waals surface area (Å²) < 4.78 is 26.2. The lowest BCUT2D eigenvalue weighted by molar-refractivity contribution is -0.116. The van der Waals surface area contributed by atoms with E-state index in [-0.39, 0.29) is 17.0 Å². The quantitative estimate of drug-likeness (QED) is 0.890. The summed E-state index contributed by atoms with van der Waals surface area (Å²) in [7, 11) is -2.63. The van der Waals surface area contributed by atoms with Crippen LogP contribution in [0.15, 0.2) is 47.4 Å². The van der Waals surface area contributed by atoms with Crippen LogP contribution >= 0.6 is 0 Å². The molecule has 0 spiro atoms. The molecule has 2 aromatic rings. The van der Waals surface area contributed by atoms with E-state index < -0.39 is 15.9 Å². The highest BCUT2D eigenvalue weighted by Gasteiger charge is 2.25. The first-order chi connectivity index (χ1) is 11.8. The van der Waals surface area contributed by atoms with Crippen molar-refractivity contribution < 1.29 is 13.2 Å². The van der Waals surface area contributed by atoms with E-state index in [1.54, 1.807) is 12.1 Å². The summed E-state index contributed by atoms with van der Waals surface area (Å²) >= 11 is 0. The molecule has 25 heavy (non-hydrogen) atoms. The molecule has 0 saturated carbocycles. The second kappa shape index (κ2) is 7.47. The Hall–Kier alpha value is -2.69. The van der Waals surface area contributed by atoms with E-state index in [0.717, 1.165) is 15.4 Å². The van der Waals surface area contributed by atoms with Crippen LogP contribution in [0.2, 0.25) is 0 Å². The SMILES string of the molecule is Cc1cccc(C)c1NC(=O)CN(C)S(=O)(=O)c1ccccc1C#N. The first-order valence-corrected chi connectivity index (χ1v) is 9.03. The molecule has 0 atom stereocenters. The van der Waals surface area contributed by atoms with E-state index in [1.165, 1.54) is 19.2 Å². The minimum atomic E-state index is -3.94.